The van der Waals surface area contributed by atoms with E-state index in [0.29, 0.717) is 122 Å². The SMILES string of the molecule is C#CCOCCOCCOCCNc1nc(N2CCN(C(=O)Cn3cc(CCCCN)nn3)CC2)nc(N2CCN(C(=O)C(C)n3cc(CCC(=O)O)nn3)CC2)n1. The van der Waals surface area contributed by atoms with Crippen LogP contribution in [0.3, 0.4) is 0 Å². The number of carbonyl (C=O) groups excluding carboxylic acids is 2. The Bertz CT molecular complexity index is 1780. The number of nitrogens with one attached hydrogen (secondary N) is 1. The summed E-state index contributed by atoms with van der Waals surface area (Å²) in [5, 5.41) is 28.6. The van der Waals surface area contributed by atoms with Crippen molar-refractivity contribution in [3.8, 4) is 12.3 Å². The maximum Gasteiger partial charge on any atom is 0.303 e. The number of unbranched alkanes of at least 4 members (excludes halogenated alkanes) is 1. The van der Waals surface area contributed by atoms with Gasteiger partial charge < -0.3 is 50.0 Å². The summed E-state index contributed by atoms with van der Waals surface area (Å²) >= 11 is 0. The first-order chi connectivity index (χ1) is 28.2. The number of anilines is 3. The largest absolute Gasteiger partial charge is 0.481 e. The topological polar surface area (TPSA) is 250 Å². The van der Waals surface area contributed by atoms with E-state index < -0.39 is 12.0 Å². The molecule has 2 fully saturated rings. The maximum absolute atomic E-state index is 13.4. The number of carbonyl (C=O) groups is 3. The number of hydrogen-bond donors (Lipinski definition) is 3. The standard InChI is InChI=1S/C36H55N15O7/c1-3-19-56-21-23-58-24-22-57-20-10-38-34-39-35(48-15-11-46(12-16-48)31(52)27-50-25-29(42-44-50)6-4-5-9-37)41-36(40-34)49-17-13-47(14-18-49)33(55)28(2)51-26-30(43-45-51)7-8-32(53)54/h1,25-26,28H,4-24,27,37H2,2H3,(H,53,54)(H,38,39,40,41). The Hall–Kier alpha value is -5.50. The average molecular weight is 810 g/mol. The van der Waals surface area contributed by atoms with Crippen LogP contribution >= 0.6 is 0 Å². The van der Waals surface area contributed by atoms with Gasteiger partial charge in [0, 0.05) is 77.7 Å². The van der Waals surface area contributed by atoms with Crippen molar-refractivity contribution < 1.29 is 33.7 Å². The lowest BCUT2D eigenvalue weighted by Gasteiger charge is -2.37. The Labute approximate surface area is 337 Å². The summed E-state index contributed by atoms with van der Waals surface area (Å²) < 4.78 is 19.4. The van der Waals surface area contributed by atoms with Crippen molar-refractivity contribution in [3.05, 3.63) is 23.8 Å². The molecule has 0 bridgehead atoms. The molecule has 3 aromatic heterocycles. The van der Waals surface area contributed by atoms with Crippen LogP contribution in [0, 0.1) is 12.3 Å². The summed E-state index contributed by atoms with van der Waals surface area (Å²) in [5.41, 5.74) is 6.96. The molecule has 0 aliphatic carbocycles. The molecule has 1 unspecified atom stereocenters. The highest BCUT2D eigenvalue weighted by Gasteiger charge is 2.29. The molecule has 0 spiro atoms. The Morgan fingerprint density at radius 2 is 1.45 bits per heavy atom. The zero-order valence-corrected chi connectivity index (χ0v) is 33.2. The molecule has 2 aliphatic rings. The van der Waals surface area contributed by atoms with Gasteiger partial charge in [-0.3, -0.25) is 14.4 Å². The lowest BCUT2D eigenvalue weighted by atomic mass is 10.2. The molecule has 5 rings (SSSR count). The zero-order valence-electron chi connectivity index (χ0n) is 33.2. The van der Waals surface area contributed by atoms with Gasteiger partial charge in [-0.2, -0.15) is 15.0 Å². The molecule has 0 radical (unpaired) electrons. The Morgan fingerprint density at radius 1 is 0.828 bits per heavy atom. The van der Waals surface area contributed by atoms with Crippen molar-refractivity contribution in [2.75, 3.05) is 120 Å². The van der Waals surface area contributed by atoms with Gasteiger partial charge in [0.1, 0.15) is 19.2 Å². The van der Waals surface area contributed by atoms with Crippen molar-refractivity contribution in [3.63, 3.8) is 0 Å². The van der Waals surface area contributed by atoms with Crippen molar-refractivity contribution in [2.24, 2.45) is 5.73 Å². The quantitative estimate of drug-likeness (QED) is 0.0703. The van der Waals surface area contributed by atoms with Crippen LogP contribution in [0.15, 0.2) is 12.4 Å². The minimum atomic E-state index is -0.922. The molecule has 22 nitrogen and oxygen atoms in total. The van der Waals surface area contributed by atoms with Crippen LogP contribution in [0.5, 0.6) is 0 Å². The fourth-order valence-electron chi connectivity index (χ4n) is 6.25. The zero-order chi connectivity index (χ0) is 41.1. The van der Waals surface area contributed by atoms with Gasteiger partial charge in [0.25, 0.3) is 0 Å². The van der Waals surface area contributed by atoms with Gasteiger partial charge in [-0.05, 0) is 32.7 Å². The van der Waals surface area contributed by atoms with Gasteiger partial charge >= 0.3 is 5.97 Å². The second kappa shape index (κ2) is 23.0. The number of hydrogen-bond acceptors (Lipinski definition) is 17. The minimum absolute atomic E-state index is 0.0384. The second-order valence-electron chi connectivity index (χ2n) is 13.8. The molecular weight excluding hydrogens is 754 g/mol. The van der Waals surface area contributed by atoms with Crippen molar-refractivity contribution in [2.45, 2.75) is 51.6 Å². The number of terminal acetylenes is 1. The van der Waals surface area contributed by atoms with E-state index in [-0.39, 0.29) is 37.8 Å². The number of nitrogens with zero attached hydrogens (tertiary/aromatic N) is 13. The number of piperazine rings is 2. The number of aromatic nitrogens is 9. The van der Waals surface area contributed by atoms with Gasteiger partial charge in [-0.25, -0.2) is 9.36 Å². The molecule has 0 aromatic carbocycles. The van der Waals surface area contributed by atoms with Gasteiger partial charge in [-0.15, -0.1) is 16.6 Å². The van der Waals surface area contributed by atoms with Crippen molar-refractivity contribution in [1.29, 1.82) is 0 Å². The van der Waals surface area contributed by atoms with E-state index in [1.165, 1.54) is 4.68 Å². The molecule has 5 heterocycles. The van der Waals surface area contributed by atoms with Crippen LogP contribution in [-0.2, 0) is 48.0 Å². The van der Waals surface area contributed by atoms with Crippen molar-refractivity contribution >= 4 is 35.6 Å². The van der Waals surface area contributed by atoms with Gasteiger partial charge in [0.05, 0.1) is 50.8 Å². The first-order valence-electron chi connectivity index (χ1n) is 19.7. The van der Waals surface area contributed by atoms with E-state index in [0.717, 1.165) is 25.0 Å². The normalized spacial score (nSPS) is 15.1. The molecule has 0 saturated carbocycles. The summed E-state index contributed by atoms with van der Waals surface area (Å²) in [5.74, 6) is 2.67. The Morgan fingerprint density at radius 3 is 2.10 bits per heavy atom. The van der Waals surface area contributed by atoms with Crippen LogP contribution < -0.4 is 20.9 Å². The van der Waals surface area contributed by atoms with Gasteiger partial charge in [-0.1, -0.05) is 16.3 Å². The first-order valence-corrected chi connectivity index (χ1v) is 19.7. The molecule has 2 aliphatic heterocycles. The molecule has 316 valence electrons. The monoisotopic (exact) mass is 809 g/mol. The molecule has 58 heavy (non-hydrogen) atoms. The molecule has 2 amide bonds. The van der Waals surface area contributed by atoms with E-state index in [1.54, 1.807) is 22.7 Å². The molecule has 2 saturated heterocycles. The lowest BCUT2D eigenvalue weighted by Crippen LogP contribution is -2.51. The summed E-state index contributed by atoms with van der Waals surface area (Å²) in [6.07, 6.45) is 11.4. The third-order valence-electron chi connectivity index (χ3n) is 9.54. The number of nitrogens with two attached hydrogens (primary N) is 1. The molecule has 3 aromatic rings. The smallest absolute Gasteiger partial charge is 0.303 e. The first kappa shape index (κ1) is 43.6. The van der Waals surface area contributed by atoms with E-state index >= 15 is 0 Å². The van der Waals surface area contributed by atoms with Crippen molar-refractivity contribution in [1.82, 2.24) is 54.7 Å². The number of ether oxygens (including phenoxy) is 3. The maximum atomic E-state index is 13.4. The van der Waals surface area contributed by atoms with Gasteiger partial charge in [0.2, 0.25) is 29.7 Å². The fourth-order valence-corrected chi connectivity index (χ4v) is 6.25. The summed E-state index contributed by atoms with van der Waals surface area (Å²) in [6.45, 7) is 9.11. The number of rotatable bonds is 24. The Balaban J connectivity index is 1.16. The summed E-state index contributed by atoms with van der Waals surface area (Å²) in [7, 11) is 0. The molecule has 1 atom stereocenters. The van der Waals surface area contributed by atoms with Crippen LogP contribution in [-0.4, -0.2) is 183 Å². The minimum Gasteiger partial charge on any atom is -0.481 e. The highest BCUT2D eigenvalue weighted by molar-refractivity contribution is 5.80. The van der Waals surface area contributed by atoms with E-state index in [9.17, 15) is 14.4 Å². The van der Waals surface area contributed by atoms with Gasteiger partial charge in [0.15, 0.2) is 0 Å². The predicted molar refractivity (Wildman–Crippen MR) is 210 cm³/mol. The van der Waals surface area contributed by atoms with Crippen LogP contribution in [0.1, 0.15) is 43.6 Å². The average Bonchev–Trinajstić information content (AvgIpc) is 3.91. The molecule has 22 heteroatoms. The van der Waals surface area contributed by atoms with E-state index in [2.05, 4.69) is 31.9 Å². The van der Waals surface area contributed by atoms with Crippen LogP contribution in [0.25, 0.3) is 0 Å². The highest BCUT2D eigenvalue weighted by atomic mass is 16.5. The second-order valence-corrected chi connectivity index (χ2v) is 13.8. The Kier molecular flexibility index (Phi) is 17.3. The third-order valence-corrected chi connectivity index (χ3v) is 9.54. The molecule has 4 N–H and O–H groups in total. The van der Waals surface area contributed by atoms with Crippen LogP contribution in [0.4, 0.5) is 17.8 Å². The van der Waals surface area contributed by atoms with Crippen LogP contribution in [0.2, 0.25) is 0 Å². The number of carboxylic acid groups (broad SMARTS) is 1. The van der Waals surface area contributed by atoms with E-state index in [1.807, 2.05) is 20.9 Å². The summed E-state index contributed by atoms with van der Waals surface area (Å²) in [4.78, 5) is 59.5. The number of carboxylic acids is 1. The molecular formula is C36H55N15O7. The number of aryl methyl sites for hydroxylation is 2. The predicted octanol–water partition coefficient (Wildman–Crippen LogP) is -1.29. The summed E-state index contributed by atoms with van der Waals surface area (Å²) in [6, 6.07) is -0.607. The lowest BCUT2D eigenvalue weighted by molar-refractivity contribution is -0.137. The van der Waals surface area contributed by atoms with E-state index in [4.69, 9.17) is 46.4 Å². The third kappa shape index (κ3) is 13.6. The number of aliphatic carboxylic acids is 1. The number of amides is 2. The fraction of sp³-hybridized carbons (Fsp3) is 0.667. The highest BCUT2D eigenvalue weighted by Crippen LogP contribution is 2.21.